The van der Waals surface area contributed by atoms with Crippen LogP contribution in [-0.2, 0) is 23.0 Å². The molecule has 1 aliphatic heterocycles. The minimum atomic E-state index is -3.49. The number of rotatable bonds is 5. The SMILES string of the molecule is CCN(CC)S(=O)(=O)c1ccc(C(=O)N2CCc3sccc3C2)cc1. The number of carbonyl (C=O) groups is 1. The van der Waals surface area contributed by atoms with Gasteiger partial charge in [-0.15, -0.1) is 11.3 Å². The molecular formula is C18H22N2O3S2. The van der Waals surface area contributed by atoms with Gasteiger partial charge in [0.2, 0.25) is 10.0 Å². The van der Waals surface area contributed by atoms with E-state index >= 15 is 0 Å². The van der Waals surface area contributed by atoms with Crippen molar-refractivity contribution < 1.29 is 13.2 Å². The van der Waals surface area contributed by atoms with Gasteiger partial charge in [0.25, 0.3) is 5.91 Å². The lowest BCUT2D eigenvalue weighted by Gasteiger charge is -2.27. The molecule has 0 radical (unpaired) electrons. The number of carbonyl (C=O) groups excluding carboxylic acids is 1. The zero-order chi connectivity index (χ0) is 18.0. The maximum Gasteiger partial charge on any atom is 0.254 e. The number of thiophene rings is 1. The highest BCUT2D eigenvalue weighted by Gasteiger charge is 2.24. The Bertz CT molecular complexity index is 853. The molecule has 2 aromatic rings. The van der Waals surface area contributed by atoms with Crippen LogP contribution in [0.4, 0.5) is 0 Å². The Labute approximate surface area is 152 Å². The summed E-state index contributed by atoms with van der Waals surface area (Å²) in [6, 6.07) is 8.35. The molecule has 0 saturated carbocycles. The first-order chi connectivity index (χ1) is 12.0. The van der Waals surface area contributed by atoms with E-state index in [9.17, 15) is 13.2 Å². The van der Waals surface area contributed by atoms with Crippen molar-refractivity contribution in [2.24, 2.45) is 0 Å². The average Bonchev–Trinajstić information content (AvgIpc) is 3.09. The van der Waals surface area contributed by atoms with Crippen molar-refractivity contribution in [3.63, 3.8) is 0 Å². The van der Waals surface area contributed by atoms with Gasteiger partial charge in [0.15, 0.2) is 0 Å². The molecule has 5 nitrogen and oxygen atoms in total. The van der Waals surface area contributed by atoms with E-state index in [4.69, 9.17) is 0 Å². The number of sulfonamides is 1. The Morgan fingerprint density at radius 3 is 2.48 bits per heavy atom. The van der Waals surface area contributed by atoms with Gasteiger partial charge < -0.3 is 4.90 Å². The lowest BCUT2D eigenvalue weighted by atomic mass is 10.1. The van der Waals surface area contributed by atoms with Crippen molar-refractivity contribution in [2.45, 2.75) is 31.7 Å². The van der Waals surface area contributed by atoms with Crippen LogP contribution in [-0.4, -0.2) is 43.2 Å². The summed E-state index contributed by atoms with van der Waals surface area (Å²) in [6.45, 7) is 5.80. The predicted molar refractivity (Wildman–Crippen MR) is 99.3 cm³/mol. The molecule has 0 spiro atoms. The molecule has 0 unspecified atom stereocenters. The summed E-state index contributed by atoms with van der Waals surface area (Å²) in [6.07, 6.45) is 0.882. The monoisotopic (exact) mass is 378 g/mol. The van der Waals surface area contributed by atoms with Crippen LogP contribution in [0.5, 0.6) is 0 Å². The first-order valence-electron chi connectivity index (χ1n) is 8.42. The van der Waals surface area contributed by atoms with Crippen LogP contribution in [0.1, 0.15) is 34.6 Å². The Kier molecular flexibility index (Phi) is 5.27. The summed E-state index contributed by atoms with van der Waals surface area (Å²) in [5.74, 6) is -0.0522. The van der Waals surface area contributed by atoms with E-state index in [-0.39, 0.29) is 10.8 Å². The smallest absolute Gasteiger partial charge is 0.254 e. The highest BCUT2D eigenvalue weighted by atomic mass is 32.2. The minimum absolute atomic E-state index is 0.0522. The van der Waals surface area contributed by atoms with Gasteiger partial charge in [-0.25, -0.2) is 8.42 Å². The Morgan fingerprint density at radius 2 is 1.84 bits per heavy atom. The van der Waals surface area contributed by atoms with Gasteiger partial charge in [0.05, 0.1) is 4.90 Å². The van der Waals surface area contributed by atoms with Gasteiger partial charge >= 0.3 is 0 Å². The molecule has 1 aromatic carbocycles. The van der Waals surface area contributed by atoms with Crippen LogP contribution < -0.4 is 0 Å². The van der Waals surface area contributed by atoms with Gasteiger partial charge in [-0.2, -0.15) is 4.31 Å². The fourth-order valence-corrected chi connectivity index (χ4v) is 5.43. The third-order valence-corrected chi connectivity index (χ3v) is 7.63. The summed E-state index contributed by atoms with van der Waals surface area (Å²) in [4.78, 5) is 16.1. The van der Waals surface area contributed by atoms with Gasteiger partial charge in [0, 0.05) is 36.6 Å². The minimum Gasteiger partial charge on any atom is -0.334 e. The van der Waals surface area contributed by atoms with Crippen molar-refractivity contribution in [3.05, 3.63) is 51.7 Å². The van der Waals surface area contributed by atoms with Crippen LogP contribution in [0.3, 0.4) is 0 Å². The highest BCUT2D eigenvalue weighted by molar-refractivity contribution is 7.89. The van der Waals surface area contributed by atoms with E-state index in [1.807, 2.05) is 18.7 Å². The van der Waals surface area contributed by atoms with Crippen LogP contribution >= 0.6 is 11.3 Å². The first kappa shape index (κ1) is 18.1. The van der Waals surface area contributed by atoms with Crippen LogP contribution in [0.15, 0.2) is 40.6 Å². The van der Waals surface area contributed by atoms with E-state index in [0.717, 1.165) is 6.42 Å². The normalized spacial score (nSPS) is 14.6. The van der Waals surface area contributed by atoms with Crippen LogP contribution in [0.25, 0.3) is 0 Å². The van der Waals surface area contributed by atoms with E-state index in [2.05, 4.69) is 11.4 Å². The van der Waals surface area contributed by atoms with Crippen molar-refractivity contribution in [3.8, 4) is 0 Å². The fourth-order valence-electron chi connectivity index (χ4n) is 3.09. The Hall–Kier alpha value is -1.70. The Balaban J connectivity index is 1.78. The molecule has 1 aliphatic rings. The zero-order valence-electron chi connectivity index (χ0n) is 14.4. The van der Waals surface area contributed by atoms with E-state index in [1.54, 1.807) is 23.5 Å². The Morgan fingerprint density at radius 1 is 1.16 bits per heavy atom. The lowest BCUT2D eigenvalue weighted by molar-refractivity contribution is 0.0736. The molecule has 3 rings (SSSR count). The van der Waals surface area contributed by atoms with E-state index in [1.165, 1.54) is 26.9 Å². The van der Waals surface area contributed by atoms with E-state index in [0.29, 0.717) is 31.7 Å². The van der Waals surface area contributed by atoms with Crippen molar-refractivity contribution >= 4 is 27.3 Å². The molecule has 0 bridgehead atoms. The second-order valence-corrected chi connectivity index (χ2v) is 8.90. The number of amides is 1. The summed E-state index contributed by atoms with van der Waals surface area (Å²) < 4.78 is 26.4. The zero-order valence-corrected chi connectivity index (χ0v) is 16.1. The van der Waals surface area contributed by atoms with Crippen LogP contribution in [0.2, 0.25) is 0 Å². The number of hydrogen-bond donors (Lipinski definition) is 0. The summed E-state index contributed by atoms with van der Waals surface area (Å²) in [5, 5.41) is 2.06. The molecule has 0 atom stereocenters. The maximum atomic E-state index is 12.7. The lowest BCUT2D eigenvalue weighted by Crippen LogP contribution is -2.35. The largest absolute Gasteiger partial charge is 0.334 e. The summed E-state index contributed by atoms with van der Waals surface area (Å²) in [5.41, 5.74) is 1.74. The van der Waals surface area contributed by atoms with Gasteiger partial charge in [-0.1, -0.05) is 13.8 Å². The van der Waals surface area contributed by atoms with E-state index < -0.39 is 10.0 Å². The van der Waals surface area contributed by atoms with Crippen molar-refractivity contribution in [1.82, 2.24) is 9.21 Å². The standard InChI is InChI=1S/C18H22N2O3S2/c1-3-20(4-2)25(22,23)16-7-5-14(6-8-16)18(21)19-11-9-17-15(13-19)10-12-24-17/h5-8,10,12H,3-4,9,11,13H2,1-2H3. The molecule has 1 aromatic heterocycles. The predicted octanol–water partition coefficient (Wildman–Crippen LogP) is 2.98. The molecule has 134 valence electrons. The molecule has 7 heteroatoms. The number of hydrogen-bond acceptors (Lipinski definition) is 4. The molecule has 0 N–H and O–H groups in total. The second-order valence-electron chi connectivity index (χ2n) is 5.96. The number of fused-ring (bicyclic) bond motifs is 1. The van der Waals surface area contributed by atoms with Crippen molar-refractivity contribution in [1.29, 1.82) is 0 Å². The third kappa shape index (κ3) is 3.49. The molecule has 1 amide bonds. The average molecular weight is 379 g/mol. The molecule has 0 saturated heterocycles. The molecule has 2 heterocycles. The molecule has 0 aliphatic carbocycles. The maximum absolute atomic E-state index is 12.7. The number of benzene rings is 1. The molecule has 25 heavy (non-hydrogen) atoms. The topological polar surface area (TPSA) is 57.7 Å². The molecule has 0 fully saturated rings. The molecular weight excluding hydrogens is 356 g/mol. The summed E-state index contributed by atoms with van der Waals surface area (Å²) in [7, 11) is -3.49. The van der Waals surface area contributed by atoms with Crippen LogP contribution in [0, 0.1) is 0 Å². The van der Waals surface area contributed by atoms with Gasteiger partial charge in [-0.3, -0.25) is 4.79 Å². The van der Waals surface area contributed by atoms with Crippen molar-refractivity contribution in [2.75, 3.05) is 19.6 Å². The van der Waals surface area contributed by atoms with Gasteiger partial charge in [-0.05, 0) is 47.7 Å². The quantitative estimate of drug-likeness (QED) is 0.804. The number of nitrogens with zero attached hydrogens (tertiary/aromatic N) is 2. The van der Waals surface area contributed by atoms with Gasteiger partial charge in [0.1, 0.15) is 0 Å². The third-order valence-electron chi connectivity index (χ3n) is 4.54. The second kappa shape index (κ2) is 7.27. The fraction of sp³-hybridized carbons (Fsp3) is 0.389. The highest BCUT2D eigenvalue weighted by Crippen LogP contribution is 2.25. The summed E-state index contributed by atoms with van der Waals surface area (Å²) >= 11 is 1.74. The first-order valence-corrected chi connectivity index (χ1v) is 10.7.